The largest absolute Gasteiger partial charge is 0.450 e. The lowest BCUT2D eigenvalue weighted by molar-refractivity contribution is -0.385. The van der Waals surface area contributed by atoms with Crippen molar-refractivity contribution in [3.05, 3.63) is 99.6 Å². The molecule has 3 rings (SSSR count). The van der Waals surface area contributed by atoms with E-state index in [1.807, 2.05) is 0 Å². The summed E-state index contributed by atoms with van der Waals surface area (Å²) in [7, 11) is 0. The highest BCUT2D eigenvalue weighted by atomic mass is 16.6. The molecular formula is C21H17NO5. The summed E-state index contributed by atoms with van der Waals surface area (Å²) in [5, 5.41) is 21.1. The zero-order valence-corrected chi connectivity index (χ0v) is 14.5. The van der Waals surface area contributed by atoms with E-state index >= 15 is 0 Å². The van der Waals surface area contributed by atoms with Crippen molar-refractivity contribution in [2.45, 2.75) is 13.0 Å². The van der Waals surface area contributed by atoms with Crippen molar-refractivity contribution in [2.24, 2.45) is 0 Å². The van der Waals surface area contributed by atoms with E-state index in [-0.39, 0.29) is 22.8 Å². The number of aliphatic hydroxyl groups is 1. The van der Waals surface area contributed by atoms with Gasteiger partial charge >= 0.3 is 5.69 Å². The Labute approximate surface area is 155 Å². The minimum absolute atomic E-state index is 0.0207. The Bertz CT molecular complexity index is 983. The lowest BCUT2D eigenvalue weighted by Gasteiger charge is -2.10. The molecule has 0 aliphatic heterocycles. The molecule has 0 aliphatic rings. The van der Waals surface area contributed by atoms with Crippen LogP contribution in [0.3, 0.4) is 0 Å². The summed E-state index contributed by atoms with van der Waals surface area (Å²) in [4.78, 5) is 23.4. The normalized spacial score (nSPS) is 11.6. The van der Waals surface area contributed by atoms with Crippen LogP contribution in [0, 0.1) is 10.1 Å². The first kappa shape index (κ1) is 18.3. The van der Waals surface area contributed by atoms with Gasteiger partial charge in [0.25, 0.3) is 0 Å². The van der Waals surface area contributed by atoms with Gasteiger partial charge in [-0.3, -0.25) is 14.9 Å². The Morgan fingerprint density at radius 3 is 2.41 bits per heavy atom. The summed E-state index contributed by atoms with van der Waals surface area (Å²) in [5.74, 6) is 0.0762. The maximum atomic E-state index is 12.5. The average Bonchev–Trinajstić information content (AvgIpc) is 2.68. The van der Waals surface area contributed by atoms with Crippen LogP contribution in [0.25, 0.3) is 0 Å². The zero-order chi connectivity index (χ0) is 19.4. The Hall–Kier alpha value is -3.51. The number of nitrogens with zero attached hydrogens (tertiary/aromatic N) is 1. The number of rotatable bonds is 6. The molecule has 0 spiro atoms. The Kier molecular flexibility index (Phi) is 5.28. The molecule has 0 radical (unpaired) electrons. The molecule has 0 bridgehead atoms. The smallest absolute Gasteiger partial charge is 0.312 e. The summed E-state index contributed by atoms with van der Waals surface area (Å²) in [6.07, 6.45) is -0.686. The van der Waals surface area contributed by atoms with E-state index < -0.39 is 11.0 Å². The van der Waals surface area contributed by atoms with Gasteiger partial charge in [-0.2, -0.15) is 0 Å². The molecule has 3 aromatic carbocycles. The molecule has 27 heavy (non-hydrogen) atoms. The maximum absolute atomic E-state index is 12.5. The molecule has 3 aromatic rings. The van der Waals surface area contributed by atoms with Crippen molar-refractivity contribution in [1.82, 2.24) is 0 Å². The van der Waals surface area contributed by atoms with E-state index in [1.165, 1.54) is 18.2 Å². The number of benzene rings is 3. The molecule has 0 aliphatic carbocycles. The molecule has 1 unspecified atom stereocenters. The number of carbonyl (C=O) groups excluding carboxylic acids is 1. The first-order chi connectivity index (χ1) is 13.0. The molecule has 0 heterocycles. The third kappa shape index (κ3) is 4.19. The molecule has 0 saturated carbocycles. The van der Waals surface area contributed by atoms with Gasteiger partial charge in [0, 0.05) is 17.2 Å². The van der Waals surface area contributed by atoms with E-state index in [1.54, 1.807) is 61.5 Å². The predicted molar refractivity (Wildman–Crippen MR) is 100 cm³/mol. The molecule has 0 aromatic heterocycles. The summed E-state index contributed by atoms with van der Waals surface area (Å²) in [6, 6.07) is 19.3. The van der Waals surface area contributed by atoms with E-state index in [2.05, 4.69) is 0 Å². The number of nitro benzene ring substituents is 1. The Balaban J connectivity index is 1.94. The summed E-state index contributed by atoms with van der Waals surface area (Å²) < 4.78 is 5.64. The van der Waals surface area contributed by atoms with Crippen molar-refractivity contribution < 1.29 is 19.6 Å². The zero-order valence-electron chi connectivity index (χ0n) is 14.5. The fourth-order valence-corrected chi connectivity index (χ4v) is 2.61. The second-order valence-corrected chi connectivity index (χ2v) is 5.99. The third-order valence-electron chi connectivity index (χ3n) is 4.02. The summed E-state index contributed by atoms with van der Waals surface area (Å²) in [6.45, 7) is 1.62. The number of nitro groups is 1. The van der Waals surface area contributed by atoms with Gasteiger partial charge < -0.3 is 9.84 Å². The second-order valence-electron chi connectivity index (χ2n) is 5.99. The van der Waals surface area contributed by atoms with Gasteiger partial charge in [0.2, 0.25) is 5.75 Å². The van der Waals surface area contributed by atoms with Crippen LogP contribution in [0.15, 0.2) is 72.8 Å². The van der Waals surface area contributed by atoms with Gasteiger partial charge in [-0.15, -0.1) is 0 Å². The first-order valence-electron chi connectivity index (χ1n) is 8.30. The maximum Gasteiger partial charge on any atom is 0.312 e. The van der Waals surface area contributed by atoms with Crippen molar-refractivity contribution in [3.63, 3.8) is 0 Å². The van der Waals surface area contributed by atoms with Crippen LogP contribution in [0.2, 0.25) is 0 Å². The Morgan fingerprint density at radius 2 is 1.74 bits per heavy atom. The van der Waals surface area contributed by atoms with Gasteiger partial charge in [-0.1, -0.05) is 42.5 Å². The molecule has 1 atom stereocenters. The molecule has 0 saturated heterocycles. The highest BCUT2D eigenvalue weighted by molar-refractivity contribution is 6.09. The molecule has 0 amide bonds. The van der Waals surface area contributed by atoms with E-state index in [9.17, 15) is 20.0 Å². The number of hydrogen-bond donors (Lipinski definition) is 1. The van der Waals surface area contributed by atoms with E-state index in [4.69, 9.17) is 4.74 Å². The van der Waals surface area contributed by atoms with Gasteiger partial charge in [-0.25, -0.2) is 0 Å². The lowest BCUT2D eigenvalue weighted by atomic mass is 10.0. The quantitative estimate of drug-likeness (QED) is 0.390. The molecule has 136 valence electrons. The van der Waals surface area contributed by atoms with Crippen LogP contribution in [-0.4, -0.2) is 15.8 Å². The van der Waals surface area contributed by atoms with Crippen molar-refractivity contribution in [1.29, 1.82) is 0 Å². The highest BCUT2D eigenvalue weighted by Gasteiger charge is 2.20. The van der Waals surface area contributed by atoms with Crippen LogP contribution in [0.1, 0.15) is 34.5 Å². The molecule has 6 heteroatoms. The van der Waals surface area contributed by atoms with Crippen LogP contribution in [0.4, 0.5) is 5.69 Å². The highest BCUT2D eigenvalue weighted by Crippen LogP contribution is 2.33. The number of ketones is 1. The fourth-order valence-electron chi connectivity index (χ4n) is 2.61. The van der Waals surface area contributed by atoms with Crippen molar-refractivity contribution in [3.8, 4) is 11.5 Å². The topological polar surface area (TPSA) is 89.7 Å². The summed E-state index contributed by atoms with van der Waals surface area (Å²) >= 11 is 0. The van der Waals surface area contributed by atoms with Gasteiger partial charge in [0.15, 0.2) is 5.78 Å². The molecular weight excluding hydrogens is 346 g/mol. The average molecular weight is 363 g/mol. The minimum Gasteiger partial charge on any atom is -0.450 e. The van der Waals surface area contributed by atoms with E-state index in [0.717, 1.165) is 0 Å². The van der Waals surface area contributed by atoms with Crippen LogP contribution >= 0.6 is 0 Å². The second kappa shape index (κ2) is 7.80. The van der Waals surface area contributed by atoms with Crippen LogP contribution in [-0.2, 0) is 0 Å². The van der Waals surface area contributed by atoms with Gasteiger partial charge in [0.1, 0.15) is 5.75 Å². The standard InChI is InChI=1S/C21H17NO5/c1-14(23)16-8-5-9-18(12-16)27-20-11-10-17(13-19(20)22(25)26)21(24)15-6-3-2-4-7-15/h2-14,23H,1H3. The van der Waals surface area contributed by atoms with Crippen LogP contribution in [0.5, 0.6) is 11.5 Å². The lowest BCUT2D eigenvalue weighted by Crippen LogP contribution is -2.03. The van der Waals surface area contributed by atoms with E-state index in [0.29, 0.717) is 16.9 Å². The van der Waals surface area contributed by atoms with Crippen molar-refractivity contribution in [2.75, 3.05) is 0 Å². The van der Waals surface area contributed by atoms with Crippen LogP contribution < -0.4 is 4.74 Å². The molecule has 0 fully saturated rings. The number of aliphatic hydroxyl groups excluding tert-OH is 1. The predicted octanol–water partition coefficient (Wildman–Crippen LogP) is 4.67. The monoisotopic (exact) mass is 363 g/mol. The van der Waals surface area contributed by atoms with Crippen molar-refractivity contribution >= 4 is 11.5 Å². The van der Waals surface area contributed by atoms with Gasteiger partial charge in [-0.05, 0) is 36.8 Å². The SMILES string of the molecule is CC(O)c1cccc(Oc2ccc(C(=O)c3ccccc3)cc2[N+](=O)[O-])c1. The Morgan fingerprint density at radius 1 is 1.00 bits per heavy atom. The number of hydrogen-bond acceptors (Lipinski definition) is 5. The minimum atomic E-state index is -0.686. The number of ether oxygens (including phenoxy) is 1. The number of carbonyl (C=O) groups is 1. The first-order valence-corrected chi connectivity index (χ1v) is 8.30. The summed E-state index contributed by atoms with van der Waals surface area (Å²) in [5.41, 5.74) is 0.980. The van der Waals surface area contributed by atoms with Gasteiger partial charge in [0.05, 0.1) is 11.0 Å². The molecule has 1 N–H and O–H groups in total. The third-order valence-corrected chi connectivity index (χ3v) is 4.02. The fraction of sp³-hybridized carbons (Fsp3) is 0.0952. The molecule has 6 nitrogen and oxygen atoms in total.